The minimum absolute atomic E-state index is 0.244. The van der Waals surface area contributed by atoms with E-state index in [0.717, 1.165) is 0 Å². The summed E-state index contributed by atoms with van der Waals surface area (Å²) in [5.74, 6) is -0.616. The van der Waals surface area contributed by atoms with Crippen LogP contribution >= 0.6 is 0 Å². The van der Waals surface area contributed by atoms with Crippen molar-refractivity contribution in [3.8, 4) is 0 Å². The summed E-state index contributed by atoms with van der Waals surface area (Å²) in [6.07, 6.45) is -0.614. The van der Waals surface area contributed by atoms with Crippen molar-refractivity contribution in [2.24, 2.45) is 5.73 Å². The molecule has 66 valence electrons. The van der Waals surface area contributed by atoms with Crippen molar-refractivity contribution in [2.75, 3.05) is 13.2 Å². The van der Waals surface area contributed by atoms with Gasteiger partial charge in [-0.15, -0.1) is 0 Å². The average molecular weight is 161 g/mol. The van der Waals surface area contributed by atoms with Gasteiger partial charge in [-0.05, 0) is 13.8 Å². The average Bonchev–Trinajstić information content (AvgIpc) is 2.03. The van der Waals surface area contributed by atoms with Gasteiger partial charge in [0.05, 0.1) is 25.4 Å². The first-order valence-electron chi connectivity index (χ1n) is 3.73. The number of aliphatic hydroxyl groups is 1. The van der Waals surface area contributed by atoms with E-state index >= 15 is 0 Å². The van der Waals surface area contributed by atoms with Gasteiger partial charge in [0.1, 0.15) is 0 Å². The van der Waals surface area contributed by atoms with E-state index in [1.54, 1.807) is 13.8 Å². The summed E-state index contributed by atoms with van der Waals surface area (Å²) >= 11 is 0. The van der Waals surface area contributed by atoms with Crippen molar-refractivity contribution >= 4 is 0 Å². The molecule has 0 unspecified atom stereocenters. The second-order valence-corrected chi connectivity index (χ2v) is 3.25. The van der Waals surface area contributed by atoms with Gasteiger partial charge in [0.25, 0.3) is 0 Å². The molecule has 0 spiro atoms. The Hall–Kier alpha value is -0.160. The van der Waals surface area contributed by atoms with Crippen LogP contribution in [0.25, 0.3) is 0 Å². The van der Waals surface area contributed by atoms with Crippen LogP contribution in [0.3, 0.4) is 0 Å². The Morgan fingerprint density at radius 1 is 1.36 bits per heavy atom. The van der Waals surface area contributed by atoms with Crippen LogP contribution < -0.4 is 5.73 Å². The summed E-state index contributed by atoms with van der Waals surface area (Å²) in [4.78, 5) is 0. The van der Waals surface area contributed by atoms with E-state index in [-0.39, 0.29) is 12.6 Å². The molecule has 0 aliphatic carbocycles. The van der Waals surface area contributed by atoms with Gasteiger partial charge in [0, 0.05) is 0 Å². The Morgan fingerprint density at radius 2 is 1.91 bits per heavy atom. The Balaban J connectivity index is 2.51. The maximum absolute atomic E-state index is 9.26. The molecule has 0 saturated carbocycles. The standard InChI is InChI=1S/C7H15NO3/c1-7(2)10-3-5(8)6(9)4-11-7/h5-6,9H,3-4,8H2,1-2H3/t5-,6-/m0/s1. The number of ether oxygens (including phenoxy) is 2. The molecular formula is C7H15NO3. The van der Waals surface area contributed by atoms with Crippen LogP contribution in [0.1, 0.15) is 13.8 Å². The summed E-state index contributed by atoms with van der Waals surface area (Å²) in [5, 5.41) is 9.26. The highest BCUT2D eigenvalue weighted by Gasteiger charge is 2.28. The molecule has 11 heavy (non-hydrogen) atoms. The second kappa shape index (κ2) is 3.06. The van der Waals surface area contributed by atoms with E-state index < -0.39 is 11.9 Å². The maximum Gasteiger partial charge on any atom is 0.162 e. The Bertz CT molecular complexity index is 124. The number of hydrogen-bond acceptors (Lipinski definition) is 4. The molecule has 0 amide bonds. The van der Waals surface area contributed by atoms with Gasteiger partial charge < -0.3 is 20.3 Å². The van der Waals surface area contributed by atoms with Gasteiger partial charge in [-0.2, -0.15) is 0 Å². The molecule has 1 aliphatic rings. The molecule has 1 fully saturated rings. The van der Waals surface area contributed by atoms with Crippen LogP contribution in [0, 0.1) is 0 Å². The summed E-state index contributed by atoms with van der Waals surface area (Å²) < 4.78 is 10.5. The molecule has 2 atom stereocenters. The number of rotatable bonds is 0. The third-order valence-corrected chi connectivity index (χ3v) is 1.72. The van der Waals surface area contributed by atoms with E-state index in [1.165, 1.54) is 0 Å². The van der Waals surface area contributed by atoms with E-state index in [4.69, 9.17) is 15.2 Å². The first-order valence-corrected chi connectivity index (χ1v) is 3.73. The summed E-state index contributed by atoms with van der Waals surface area (Å²) in [6, 6.07) is -0.336. The normalized spacial score (nSPS) is 38.2. The van der Waals surface area contributed by atoms with Crippen molar-refractivity contribution in [2.45, 2.75) is 31.8 Å². The molecule has 0 aromatic carbocycles. The van der Waals surface area contributed by atoms with E-state index in [0.29, 0.717) is 6.61 Å². The fourth-order valence-corrected chi connectivity index (χ4v) is 0.859. The van der Waals surface area contributed by atoms with E-state index in [9.17, 15) is 5.11 Å². The van der Waals surface area contributed by atoms with Crippen LogP contribution in [-0.2, 0) is 9.47 Å². The summed E-state index contributed by atoms with van der Waals surface area (Å²) in [5.41, 5.74) is 5.54. The van der Waals surface area contributed by atoms with E-state index in [2.05, 4.69) is 0 Å². The van der Waals surface area contributed by atoms with Crippen LogP contribution in [0.4, 0.5) is 0 Å². The molecule has 0 aromatic heterocycles. The molecule has 0 radical (unpaired) electrons. The first-order chi connectivity index (χ1) is 5.01. The molecule has 1 saturated heterocycles. The molecule has 1 rings (SSSR count). The SMILES string of the molecule is CC1(C)OC[C@H](N)[C@@H](O)CO1. The molecule has 3 N–H and O–H groups in total. The molecule has 1 heterocycles. The zero-order valence-electron chi connectivity index (χ0n) is 6.91. The van der Waals surface area contributed by atoms with Gasteiger partial charge in [-0.3, -0.25) is 0 Å². The van der Waals surface area contributed by atoms with Gasteiger partial charge in [0.15, 0.2) is 5.79 Å². The highest BCUT2D eigenvalue weighted by molar-refractivity contribution is 4.75. The fraction of sp³-hybridized carbons (Fsp3) is 1.00. The third-order valence-electron chi connectivity index (χ3n) is 1.72. The number of hydrogen-bond donors (Lipinski definition) is 2. The number of nitrogens with two attached hydrogens (primary N) is 1. The van der Waals surface area contributed by atoms with E-state index in [1.807, 2.05) is 0 Å². The lowest BCUT2D eigenvalue weighted by molar-refractivity contribution is -0.203. The lowest BCUT2D eigenvalue weighted by atomic mass is 10.2. The van der Waals surface area contributed by atoms with Gasteiger partial charge in [-0.1, -0.05) is 0 Å². The minimum Gasteiger partial charge on any atom is -0.389 e. The Labute approximate surface area is 66.3 Å². The summed E-state index contributed by atoms with van der Waals surface area (Å²) in [6.45, 7) is 4.19. The van der Waals surface area contributed by atoms with Crippen LogP contribution in [-0.4, -0.2) is 36.3 Å². The first kappa shape index (κ1) is 8.93. The Kier molecular flexibility index (Phi) is 2.49. The van der Waals surface area contributed by atoms with Crippen molar-refractivity contribution in [3.63, 3.8) is 0 Å². The Morgan fingerprint density at radius 3 is 2.55 bits per heavy atom. The summed E-state index contributed by atoms with van der Waals surface area (Å²) in [7, 11) is 0. The third kappa shape index (κ3) is 2.41. The lowest BCUT2D eigenvalue weighted by Crippen LogP contribution is -2.39. The van der Waals surface area contributed by atoms with Crippen molar-refractivity contribution < 1.29 is 14.6 Å². The number of aliphatic hydroxyl groups excluding tert-OH is 1. The van der Waals surface area contributed by atoms with Crippen LogP contribution in [0.2, 0.25) is 0 Å². The molecule has 4 nitrogen and oxygen atoms in total. The molecule has 0 bridgehead atoms. The molecule has 1 aliphatic heterocycles. The van der Waals surface area contributed by atoms with Gasteiger partial charge in [0.2, 0.25) is 0 Å². The quantitative estimate of drug-likeness (QED) is 0.500. The fourth-order valence-electron chi connectivity index (χ4n) is 0.859. The molecule has 4 heteroatoms. The van der Waals surface area contributed by atoms with Crippen molar-refractivity contribution in [1.29, 1.82) is 0 Å². The van der Waals surface area contributed by atoms with Crippen LogP contribution in [0.5, 0.6) is 0 Å². The van der Waals surface area contributed by atoms with Gasteiger partial charge in [-0.25, -0.2) is 0 Å². The molecule has 0 aromatic rings. The highest BCUT2D eigenvalue weighted by Crippen LogP contribution is 2.16. The smallest absolute Gasteiger partial charge is 0.162 e. The monoisotopic (exact) mass is 161 g/mol. The second-order valence-electron chi connectivity index (χ2n) is 3.25. The zero-order valence-corrected chi connectivity index (χ0v) is 6.91. The lowest BCUT2D eigenvalue weighted by Gasteiger charge is -2.22. The predicted molar refractivity (Wildman–Crippen MR) is 40.0 cm³/mol. The maximum atomic E-state index is 9.26. The van der Waals surface area contributed by atoms with Crippen molar-refractivity contribution in [3.05, 3.63) is 0 Å². The van der Waals surface area contributed by atoms with Crippen LogP contribution in [0.15, 0.2) is 0 Å². The van der Waals surface area contributed by atoms with Gasteiger partial charge >= 0.3 is 0 Å². The highest BCUT2D eigenvalue weighted by atomic mass is 16.7. The minimum atomic E-state index is -0.616. The van der Waals surface area contributed by atoms with Crippen molar-refractivity contribution in [1.82, 2.24) is 0 Å². The molecular weight excluding hydrogens is 146 g/mol. The largest absolute Gasteiger partial charge is 0.389 e. The predicted octanol–water partition coefficient (Wildman–Crippen LogP) is -0.542. The zero-order chi connectivity index (χ0) is 8.48. The topological polar surface area (TPSA) is 64.7 Å².